The molecule has 0 spiro atoms. The Morgan fingerprint density at radius 1 is 0.966 bits per heavy atom. The summed E-state index contributed by atoms with van der Waals surface area (Å²) in [6.45, 7) is 0.498. The second-order valence-corrected chi connectivity index (χ2v) is 6.97. The number of carboxylic acid groups (broad SMARTS) is 1. The van der Waals surface area contributed by atoms with E-state index in [2.05, 4.69) is 12.1 Å². The van der Waals surface area contributed by atoms with Crippen LogP contribution in [0, 0.1) is 5.82 Å². The average Bonchev–Trinajstić information content (AvgIpc) is 2.72. The third-order valence-corrected chi connectivity index (χ3v) is 4.66. The summed E-state index contributed by atoms with van der Waals surface area (Å²) in [6.07, 6.45) is 0.268. The van der Waals surface area contributed by atoms with Gasteiger partial charge in [-0.3, -0.25) is 9.69 Å². The monoisotopic (exact) mass is 392 g/mol. The minimum Gasteiger partial charge on any atom is -0.486 e. The van der Waals surface area contributed by atoms with Gasteiger partial charge in [-0.1, -0.05) is 54.6 Å². The SMILES string of the molecule is [11CH3]N(CC[C@@H](Oc1ccc(-c2ccccc2)cc1)c1ccc(F)cc1)CC(=O)O. The molecule has 0 aliphatic rings. The minimum absolute atomic E-state index is 0.0398. The molecule has 0 aliphatic carbocycles. The van der Waals surface area contributed by atoms with Gasteiger partial charge in [0.25, 0.3) is 0 Å². The van der Waals surface area contributed by atoms with Crippen LogP contribution in [0.5, 0.6) is 5.75 Å². The first-order chi connectivity index (χ1) is 14.0. The number of benzene rings is 3. The lowest BCUT2D eigenvalue weighted by Gasteiger charge is -2.22. The summed E-state index contributed by atoms with van der Waals surface area (Å²) in [5, 5.41) is 8.94. The highest BCUT2D eigenvalue weighted by Gasteiger charge is 2.16. The van der Waals surface area contributed by atoms with Crippen molar-refractivity contribution >= 4 is 5.97 Å². The Bertz CT molecular complexity index is 911. The number of aliphatic carboxylic acids is 1. The molecule has 0 aliphatic heterocycles. The van der Waals surface area contributed by atoms with Gasteiger partial charge in [0.05, 0.1) is 6.54 Å². The molecule has 150 valence electrons. The van der Waals surface area contributed by atoms with Crippen LogP contribution < -0.4 is 4.74 Å². The van der Waals surface area contributed by atoms with Gasteiger partial charge in [0.15, 0.2) is 0 Å². The van der Waals surface area contributed by atoms with Gasteiger partial charge in [-0.05, 0) is 48.0 Å². The highest BCUT2D eigenvalue weighted by Crippen LogP contribution is 2.28. The number of likely N-dealkylation sites (N-methyl/N-ethyl adjacent to an activating group) is 1. The highest BCUT2D eigenvalue weighted by molar-refractivity contribution is 5.69. The lowest BCUT2D eigenvalue weighted by atomic mass is 10.0. The van der Waals surface area contributed by atoms with E-state index in [9.17, 15) is 9.18 Å². The van der Waals surface area contributed by atoms with Gasteiger partial charge < -0.3 is 9.84 Å². The Kier molecular flexibility index (Phi) is 6.98. The Hall–Kier alpha value is -3.18. The van der Waals surface area contributed by atoms with E-state index in [1.165, 1.54) is 12.1 Å². The van der Waals surface area contributed by atoms with Crippen LogP contribution in [0.15, 0.2) is 78.9 Å². The van der Waals surface area contributed by atoms with Crippen molar-refractivity contribution in [2.45, 2.75) is 12.5 Å². The normalized spacial score (nSPS) is 12.0. The number of carbonyl (C=O) groups is 1. The third kappa shape index (κ3) is 6.16. The number of nitrogens with zero attached hydrogens (tertiary/aromatic N) is 1. The number of hydrogen-bond donors (Lipinski definition) is 1. The summed E-state index contributed by atoms with van der Waals surface area (Å²) in [4.78, 5) is 12.6. The van der Waals surface area contributed by atoms with E-state index in [1.807, 2.05) is 42.5 Å². The molecule has 1 atom stereocenters. The fourth-order valence-corrected chi connectivity index (χ4v) is 3.14. The summed E-state index contributed by atoms with van der Waals surface area (Å²) < 4.78 is 19.5. The number of carboxylic acids is 1. The van der Waals surface area contributed by atoms with Gasteiger partial charge in [-0.15, -0.1) is 0 Å². The maximum atomic E-state index is 13.3. The van der Waals surface area contributed by atoms with Gasteiger partial charge in [0.2, 0.25) is 0 Å². The van der Waals surface area contributed by atoms with Crippen molar-refractivity contribution in [1.82, 2.24) is 4.90 Å². The van der Waals surface area contributed by atoms with E-state index < -0.39 is 5.97 Å². The molecule has 29 heavy (non-hydrogen) atoms. The van der Waals surface area contributed by atoms with Crippen molar-refractivity contribution in [3.05, 3.63) is 90.2 Å². The van der Waals surface area contributed by atoms with Crippen molar-refractivity contribution in [2.24, 2.45) is 0 Å². The van der Waals surface area contributed by atoms with Crippen molar-refractivity contribution < 1.29 is 19.0 Å². The molecule has 0 aromatic heterocycles. The molecule has 0 radical (unpaired) electrons. The minimum atomic E-state index is -0.872. The first kappa shape index (κ1) is 20.6. The Balaban J connectivity index is 1.73. The quantitative estimate of drug-likeness (QED) is 0.556. The summed E-state index contributed by atoms with van der Waals surface area (Å²) >= 11 is 0. The average molecular weight is 392 g/mol. The fourth-order valence-electron chi connectivity index (χ4n) is 3.14. The Morgan fingerprint density at radius 3 is 2.21 bits per heavy atom. The molecular formula is C24H24FNO3. The van der Waals surface area contributed by atoms with Gasteiger partial charge in [-0.25, -0.2) is 4.39 Å². The van der Waals surface area contributed by atoms with E-state index in [4.69, 9.17) is 9.84 Å². The van der Waals surface area contributed by atoms with Crippen molar-refractivity contribution in [3.63, 3.8) is 0 Å². The van der Waals surface area contributed by atoms with Crippen LogP contribution in [0.1, 0.15) is 18.1 Å². The second kappa shape index (κ2) is 9.85. The van der Waals surface area contributed by atoms with E-state index in [1.54, 1.807) is 24.1 Å². The zero-order valence-electron chi connectivity index (χ0n) is 16.3. The molecule has 0 bridgehead atoms. The zero-order valence-corrected chi connectivity index (χ0v) is 16.3. The number of halogens is 1. The summed E-state index contributed by atoms with van der Waals surface area (Å²) in [5.41, 5.74) is 3.07. The molecule has 3 aromatic carbocycles. The predicted octanol–water partition coefficient (Wildman–Crippen LogP) is 5.02. The molecule has 1 N–H and O–H groups in total. The first-order valence-corrected chi connectivity index (χ1v) is 9.49. The zero-order chi connectivity index (χ0) is 20.6. The number of ether oxygens (including phenoxy) is 1. The predicted molar refractivity (Wildman–Crippen MR) is 111 cm³/mol. The Labute approximate surface area is 170 Å². The van der Waals surface area contributed by atoms with Crippen LogP contribution in [0.3, 0.4) is 0 Å². The third-order valence-electron chi connectivity index (χ3n) is 4.66. The van der Waals surface area contributed by atoms with Crippen LogP contribution in [-0.4, -0.2) is 36.1 Å². The fraction of sp³-hybridized carbons (Fsp3) is 0.208. The van der Waals surface area contributed by atoms with Gasteiger partial charge in [0.1, 0.15) is 17.7 Å². The van der Waals surface area contributed by atoms with E-state index in [-0.39, 0.29) is 18.5 Å². The topological polar surface area (TPSA) is 49.8 Å². The lowest BCUT2D eigenvalue weighted by molar-refractivity contribution is -0.138. The molecular weight excluding hydrogens is 368 g/mol. The van der Waals surface area contributed by atoms with Crippen molar-refractivity contribution in [1.29, 1.82) is 0 Å². The maximum Gasteiger partial charge on any atom is 0.317 e. The van der Waals surface area contributed by atoms with Gasteiger partial charge >= 0.3 is 5.97 Å². The number of rotatable bonds is 9. The number of hydrogen-bond acceptors (Lipinski definition) is 3. The summed E-state index contributed by atoms with van der Waals surface area (Å²) in [5.74, 6) is -0.467. The largest absolute Gasteiger partial charge is 0.486 e. The second-order valence-electron chi connectivity index (χ2n) is 6.97. The van der Waals surface area contributed by atoms with E-state index >= 15 is 0 Å². The van der Waals surface area contributed by atoms with Crippen LogP contribution in [0.4, 0.5) is 4.39 Å². The lowest BCUT2D eigenvalue weighted by Crippen LogP contribution is -2.28. The van der Waals surface area contributed by atoms with Crippen LogP contribution >= 0.6 is 0 Å². The van der Waals surface area contributed by atoms with Crippen LogP contribution in [0.25, 0.3) is 11.1 Å². The highest BCUT2D eigenvalue weighted by atomic mass is 19.1. The summed E-state index contributed by atoms with van der Waals surface area (Å²) in [6, 6.07) is 24.1. The molecule has 0 saturated heterocycles. The molecule has 0 heterocycles. The molecule has 0 amide bonds. The standard InChI is InChI=1S/C24H24FNO3/c1-26(17-24(27)28)16-15-23(20-7-11-21(25)12-8-20)29-22-13-9-19(10-14-22)18-5-3-2-4-6-18/h2-14,23H,15-17H2,1H3,(H,27,28)/t23-/m1/s1/i1-1. The smallest absolute Gasteiger partial charge is 0.317 e. The molecule has 3 rings (SSSR count). The van der Waals surface area contributed by atoms with Gasteiger partial charge in [-0.2, -0.15) is 0 Å². The molecule has 0 saturated carbocycles. The Morgan fingerprint density at radius 2 is 1.59 bits per heavy atom. The molecule has 5 heteroatoms. The van der Waals surface area contributed by atoms with E-state index in [0.717, 1.165) is 16.7 Å². The van der Waals surface area contributed by atoms with Crippen LogP contribution in [0.2, 0.25) is 0 Å². The van der Waals surface area contributed by atoms with Gasteiger partial charge in [0, 0.05) is 13.0 Å². The van der Waals surface area contributed by atoms with Crippen molar-refractivity contribution in [2.75, 3.05) is 20.1 Å². The van der Waals surface area contributed by atoms with Crippen molar-refractivity contribution in [3.8, 4) is 16.9 Å². The maximum absolute atomic E-state index is 13.3. The molecule has 0 fully saturated rings. The molecule has 4 nitrogen and oxygen atoms in total. The first-order valence-electron chi connectivity index (χ1n) is 9.49. The molecule has 0 unspecified atom stereocenters. The van der Waals surface area contributed by atoms with Crippen LogP contribution in [-0.2, 0) is 4.79 Å². The van der Waals surface area contributed by atoms with E-state index in [0.29, 0.717) is 18.7 Å². The summed E-state index contributed by atoms with van der Waals surface area (Å²) in [7, 11) is 1.75. The molecule has 3 aromatic rings.